The molecule has 2 aromatic heterocycles. The number of fused-ring (bicyclic) bond motifs is 1. The molecule has 132 valence electrons. The Bertz CT molecular complexity index is 884. The van der Waals surface area contributed by atoms with E-state index in [0.717, 1.165) is 28.8 Å². The highest BCUT2D eigenvalue weighted by atomic mass is 35.5. The molecule has 1 atom stereocenters. The number of nitrogens with zero attached hydrogens (tertiary/aromatic N) is 3. The zero-order chi connectivity index (χ0) is 17.1. The molecule has 2 N–H and O–H groups in total. The van der Waals surface area contributed by atoms with E-state index in [-0.39, 0.29) is 24.3 Å². The lowest BCUT2D eigenvalue weighted by Gasteiger charge is -2.10. The van der Waals surface area contributed by atoms with Crippen molar-refractivity contribution < 1.29 is 4.92 Å². The van der Waals surface area contributed by atoms with Gasteiger partial charge in [-0.05, 0) is 35.6 Å². The molecule has 0 aliphatic carbocycles. The van der Waals surface area contributed by atoms with Gasteiger partial charge in [0.2, 0.25) is 0 Å². The fraction of sp³-hybridized carbons (Fsp3) is 0.250. The SMILES string of the molecule is CC(CCNc1ccc2ccc(Cl)cc2n1)c1cnc([N+](=O)[O-])[nH]1.Cl. The number of anilines is 1. The minimum absolute atomic E-state index is 0. The van der Waals surface area contributed by atoms with E-state index in [2.05, 4.69) is 20.3 Å². The van der Waals surface area contributed by atoms with Crippen molar-refractivity contribution in [2.45, 2.75) is 19.3 Å². The molecule has 2 heterocycles. The molecule has 0 amide bonds. The maximum atomic E-state index is 10.6. The van der Waals surface area contributed by atoms with Gasteiger partial charge in [-0.25, -0.2) is 9.97 Å². The number of rotatable bonds is 6. The zero-order valence-corrected chi connectivity index (χ0v) is 15.0. The number of benzene rings is 1. The van der Waals surface area contributed by atoms with Gasteiger partial charge in [-0.1, -0.05) is 29.6 Å². The van der Waals surface area contributed by atoms with Crippen molar-refractivity contribution in [3.8, 4) is 0 Å². The summed E-state index contributed by atoms with van der Waals surface area (Å²) in [6, 6.07) is 9.50. The molecule has 1 unspecified atom stereocenters. The first-order valence-corrected chi connectivity index (χ1v) is 7.90. The molecular formula is C16H17Cl2N5O2. The highest BCUT2D eigenvalue weighted by Gasteiger charge is 2.16. The lowest BCUT2D eigenvalue weighted by atomic mass is 10.1. The summed E-state index contributed by atoms with van der Waals surface area (Å²) in [5, 5.41) is 15.6. The van der Waals surface area contributed by atoms with Crippen molar-refractivity contribution in [2.24, 2.45) is 0 Å². The Morgan fingerprint density at radius 2 is 2.12 bits per heavy atom. The minimum atomic E-state index is -0.529. The topological polar surface area (TPSA) is 96.7 Å². The number of aromatic amines is 1. The number of nitrogens with one attached hydrogen (secondary N) is 2. The molecule has 3 aromatic rings. The summed E-state index contributed by atoms with van der Waals surface area (Å²) >= 11 is 5.99. The van der Waals surface area contributed by atoms with E-state index >= 15 is 0 Å². The standard InChI is InChI=1S/C16H16ClN5O2.ClH/c1-10(14-9-19-16(21-14)22(23)24)6-7-18-15-5-3-11-2-4-12(17)8-13(11)20-15;/h2-5,8-10H,6-7H2,1H3,(H,18,20)(H,19,21);1H. The third-order valence-corrected chi connectivity index (χ3v) is 4.06. The summed E-state index contributed by atoms with van der Waals surface area (Å²) in [6.07, 6.45) is 2.30. The molecule has 1 aromatic carbocycles. The number of halogens is 2. The van der Waals surface area contributed by atoms with Crippen LogP contribution < -0.4 is 5.32 Å². The highest BCUT2D eigenvalue weighted by molar-refractivity contribution is 6.31. The van der Waals surface area contributed by atoms with Crippen LogP contribution in [0.1, 0.15) is 25.0 Å². The molecule has 7 nitrogen and oxygen atoms in total. The number of pyridine rings is 1. The summed E-state index contributed by atoms with van der Waals surface area (Å²) in [6.45, 7) is 2.68. The van der Waals surface area contributed by atoms with Crippen LogP contribution in [-0.2, 0) is 0 Å². The van der Waals surface area contributed by atoms with E-state index in [1.807, 2.05) is 37.3 Å². The second-order valence-electron chi connectivity index (χ2n) is 5.57. The number of nitro groups is 1. The van der Waals surface area contributed by atoms with E-state index in [1.54, 1.807) is 0 Å². The molecule has 0 saturated heterocycles. The molecular weight excluding hydrogens is 365 g/mol. The molecule has 0 aliphatic heterocycles. The van der Waals surface area contributed by atoms with Crippen LogP contribution in [0, 0.1) is 10.1 Å². The first kappa shape index (κ1) is 19.0. The molecule has 0 bridgehead atoms. The molecule has 0 aliphatic rings. The quantitative estimate of drug-likeness (QED) is 0.482. The molecule has 0 saturated carbocycles. The zero-order valence-electron chi connectivity index (χ0n) is 13.4. The van der Waals surface area contributed by atoms with Gasteiger partial charge in [0.15, 0.2) is 0 Å². The van der Waals surface area contributed by atoms with Gasteiger partial charge in [0.25, 0.3) is 0 Å². The summed E-state index contributed by atoms with van der Waals surface area (Å²) < 4.78 is 0. The van der Waals surface area contributed by atoms with Gasteiger partial charge >= 0.3 is 5.95 Å². The Hall–Kier alpha value is -2.38. The van der Waals surface area contributed by atoms with Crippen molar-refractivity contribution in [1.29, 1.82) is 0 Å². The average molecular weight is 382 g/mol. The van der Waals surface area contributed by atoms with Crippen LogP contribution in [0.15, 0.2) is 36.5 Å². The van der Waals surface area contributed by atoms with Gasteiger partial charge in [0, 0.05) is 22.9 Å². The van der Waals surface area contributed by atoms with E-state index in [9.17, 15) is 10.1 Å². The molecule has 25 heavy (non-hydrogen) atoms. The number of hydrogen-bond acceptors (Lipinski definition) is 5. The van der Waals surface area contributed by atoms with Crippen LogP contribution >= 0.6 is 24.0 Å². The van der Waals surface area contributed by atoms with E-state index < -0.39 is 4.92 Å². The van der Waals surface area contributed by atoms with Gasteiger partial charge in [0.05, 0.1) is 5.52 Å². The maximum absolute atomic E-state index is 10.6. The van der Waals surface area contributed by atoms with Crippen LogP contribution in [0.4, 0.5) is 11.8 Å². The Labute approximate surface area is 155 Å². The van der Waals surface area contributed by atoms with Crippen LogP contribution in [-0.4, -0.2) is 26.4 Å². The summed E-state index contributed by atoms with van der Waals surface area (Å²) in [5.41, 5.74) is 1.59. The van der Waals surface area contributed by atoms with E-state index in [0.29, 0.717) is 11.6 Å². The van der Waals surface area contributed by atoms with Gasteiger partial charge < -0.3 is 15.4 Å². The fourth-order valence-electron chi connectivity index (χ4n) is 2.43. The Balaban J connectivity index is 0.00000225. The predicted octanol–water partition coefficient (Wildman–Crippen LogP) is 4.55. The maximum Gasteiger partial charge on any atom is 0.432 e. The van der Waals surface area contributed by atoms with Crippen molar-refractivity contribution in [3.63, 3.8) is 0 Å². The van der Waals surface area contributed by atoms with E-state index in [1.165, 1.54) is 6.20 Å². The highest BCUT2D eigenvalue weighted by Crippen LogP contribution is 2.21. The first-order valence-electron chi connectivity index (χ1n) is 7.52. The molecule has 3 rings (SSSR count). The van der Waals surface area contributed by atoms with Gasteiger partial charge in [-0.15, -0.1) is 12.4 Å². The number of hydrogen-bond donors (Lipinski definition) is 2. The lowest BCUT2D eigenvalue weighted by molar-refractivity contribution is -0.393. The molecule has 0 spiro atoms. The van der Waals surface area contributed by atoms with Crippen LogP contribution in [0.25, 0.3) is 10.9 Å². The Morgan fingerprint density at radius 1 is 1.36 bits per heavy atom. The van der Waals surface area contributed by atoms with Gasteiger partial charge in [0.1, 0.15) is 17.7 Å². The average Bonchev–Trinajstić information content (AvgIpc) is 3.04. The van der Waals surface area contributed by atoms with Crippen molar-refractivity contribution in [2.75, 3.05) is 11.9 Å². The number of H-pyrrole nitrogens is 1. The smallest absolute Gasteiger partial charge is 0.390 e. The molecule has 9 heteroatoms. The second-order valence-corrected chi connectivity index (χ2v) is 6.01. The van der Waals surface area contributed by atoms with E-state index in [4.69, 9.17) is 11.6 Å². The van der Waals surface area contributed by atoms with Gasteiger partial charge in [-0.2, -0.15) is 0 Å². The first-order chi connectivity index (χ1) is 11.5. The minimum Gasteiger partial charge on any atom is -0.390 e. The van der Waals surface area contributed by atoms with Gasteiger partial charge in [-0.3, -0.25) is 0 Å². The monoisotopic (exact) mass is 381 g/mol. The second kappa shape index (κ2) is 8.13. The van der Waals surface area contributed by atoms with Crippen molar-refractivity contribution in [1.82, 2.24) is 15.0 Å². The number of imidazole rings is 1. The Morgan fingerprint density at radius 3 is 2.84 bits per heavy atom. The fourth-order valence-corrected chi connectivity index (χ4v) is 2.59. The summed E-state index contributed by atoms with van der Waals surface area (Å²) in [5.74, 6) is 0.666. The third-order valence-electron chi connectivity index (χ3n) is 3.82. The summed E-state index contributed by atoms with van der Waals surface area (Å²) in [4.78, 5) is 21.1. The number of aromatic nitrogens is 3. The van der Waals surface area contributed by atoms with Crippen molar-refractivity contribution >= 4 is 46.7 Å². The lowest BCUT2D eigenvalue weighted by Crippen LogP contribution is -2.07. The molecule has 0 fully saturated rings. The largest absolute Gasteiger partial charge is 0.432 e. The van der Waals surface area contributed by atoms with Crippen LogP contribution in [0.2, 0.25) is 5.02 Å². The predicted molar refractivity (Wildman–Crippen MR) is 101 cm³/mol. The summed E-state index contributed by atoms with van der Waals surface area (Å²) in [7, 11) is 0. The Kier molecular flexibility index (Phi) is 6.17. The third kappa shape index (κ3) is 4.58. The molecule has 0 radical (unpaired) electrons. The van der Waals surface area contributed by atoms with Crippen molar-refractivity contribution in [3.05, 3.63) is 57.4 Å². The van der Waals surface area contributed by atoms with Crippen LogP contribution in [0.5, 0.6) is 0 Å². The van der Waals surface area contributed by atoms with Crippen LogP contribution in [0.3, 0.4) is 0 Å². The normalized spacial score (nSPS) is 11.8.